The molecule has 1 fully saturated rings. The first kappa shape index (κ1) is 12.5. The fraction of sp³-hybridized carbons (Fsp3) is 0.571. The van der Waals surface area contributed by atoms with Crippen molar-refractivity contribution >= 4 is 0 Å². The second kappa shape index (κ2) is 5.15. The van der Waals surface area contributed by atoms with Crippen molar-refractivity contribution in [3.05, 3.63) is 35.1 Å². The van der Waals surface area contributed by atoms with Crippen LogP contribution in [0.2, 0.25) is 0 Å². The van der Waals surface area contributed by atoms with Crippen LogP contribution in [0.5, 0.6) is 0 Å². The molecule has 0 aliphatic carbocycles. The van der Waals surface area contributed by atoms with Crippen molar-refractivity contribution in [2.45, 2.75) is 38.9 Å². The van der Waals surface area contributed by atoms with Crippen molar-refractivity contribution < 1.29 is 14.2 Å². The van der Waals surface area contributed by atoms with Crippen molar-refractivity contribution in [3.8, 4) is 0 Å². The van der Waals surface area contributed by atoms with Crippen LogP contribution in [-0.2, 0) is 11.2 Å². The molecular formula is C14H19FO2. The van der Waals surface area contributed by atoms with Gasteiger partial charge >= 0.3 is 0 Å². The van der Waals surface area contributed by atoms with E-state index in [0.717, 1.165) is 17.5 Å². The number of aliphatic hydroxyl groups is 1. The van der Waals surface area contributed by atoms with Crippen LogP contribution in [0, 0.1) is 18.7 Å². The molecule has 0 amide bonds. The highest BCUT2D eigenvalue weighted by molar-refractivity contribution is 5.27. The summed E-state index contributed by atoms with van der Waals surface area (Å²) in [6.45, 7) is 4.56. The van der Waals surface area contributed by atoms with Gasteiger partial charge in [-0.3, -0.25) is 0 Å². The Bertz CT molecular complexity index is 392. The first-order valence-corrected chi connectivity index (χ1v) is 6.11. The monoisotopic (exact) mass is 238 g/mol. The van der Waals surface area contributed by atoms with Crippen LogP contribution in [-0.4, -0.2) is 23.9 Å². The molecule has 1 aliphatic heterocycles. The summed E-state index contributed by atoms with van der Waals surface area (Å²) < 4.78 is 18.6. The fourth-order valence-corrected chi connectivity index (χ4v) is 2.37. The van der Waals surface area contributed by atoms with Gasteiger partial charge < -0.3 is 9.84 Å². The normalized spacial score (nSPS) is 26.1. The Morgan fingerprint density at radius 2 is 2.29 bits per heavy atom. The fourth-order valence-electron chi connectivity index (χ4n) is 2.37. The van der Waals surface area contributed by atoms with Crippen molar-refractivity contribution in [2.24, 2.45) is 5.92 Å². The predicted octanol–water partition coefficient (Wildman–Crippen LogP) is 2.46. The summed E-state index contributed by atoms with van der Waals surface area (Å²) in [5.41, 5.74) is 1.91. The van der Waals surface area contributed by atoms with Crippen LogP contribution in [0.15, 0.2) is 18.2 Å². The van der Waals surface area contributed by atoms with Gasteiger partial charge in [0.2, 0.25) is 0 Å². The van der Waals surface area contributed by atoms with Crippen molar-refractivity contribution in [2.75, 3.05) is 6.61 Å². The maximum Gasteiger partial charge on any atom is 0.123 e. The molecule has 1 aliphatic rings. The Balaban J connectivity index is 2.02. The molecular weight excluding hydrogens is 219 g/mol. The second-order valence-corrected chi connectivity index (χ2v) is 4.98. The lowest BCUT2D eigenvalue weighted by Gasteiger charge is -2.17. The molecule has 0 bridgehead atoms. The van der Waals surface area contributed by atoms with E-state index in [4.69, 9.17) is 4.74 Å². The minimum Gasteiger partial charge on any atom is -0.392 e. The number of ether oxygens (including phenoxy) is 1. The summed E-state index contributed by atoms with van der Waals surface area (Å²) in [5.74, 6) is -0.0680. The highest BCUT2D eigenvalue weighted by Crippen LogP contribution is 2.25. The summed E-state index contributed by atoms with van der Waals surface area (Å²) >= 11 is 0. The Morgan fingerprint density at radius 1 is 1.53 bits per heavy atom. The summed E-state index contributed by atoms with van der Waals surface area (Å²) in [7, 11) is 0. The maximum atomic E-state index is 13.1. The molecule has 1 heterocycles. The van der Waals surface area contributed by atoms with Gasteiger partial charge in [-0.1, -0.05) is 6.07 Å². The largest absolute Gasteiger partial charge is 0.392 e. The van der Waals surface area contributed by atoms with Crippen molar-refractivity contribution in [3.63, 3.8) is 0 Å². The first-order chi connectivity index (χ1) is 8.06. The van der Waals surface area contributed by atoms with Crippen LogP contribution in [0.3, 0.4) is 0 Å². The van der Waals surface area contributed by atoms with Gasteiger partial charge in [0.15, 0.2) is 0 Å². The van der Waals surface area contributed by atoms with Crippen LogP contribution >= 0.6 is 0 Å². The molecule has 2 rings (SSSR count). The number of rotatable bonds is 3. The summed E-state index contributed by atoms with van der Waals surface area (Å²) in [6.07, 6.45) is 1.17. The first-order valence-electron chi connectivity index (χ1n) is 6.11. The molecule has 2 nitrogen and oxygen atoms in total. The highest BCUT2D eigenvalue weighted by atomic mass is 19.1. The second-order valence-electron chi connectivity index (χ2n) is 4.98. The Labute approximate surface area is 101 Å². The number of hydrogen-bond acceptors (Lipinski definition) is 2. The molecule has 17 heavy (non-hydrogen) atoms. The van der Waals surface area contributed by atoms with Gasteiger partial charge in [-0.2, -0.15) is 0 Å². The minimum absolute atomic E-state index is 0.174. The topological polar surface area (TPSA) is 29.5 Å². The van der Waals surface area contributed by atoms with Crippen LogP contribution in [0.1, 0.15) is 24.5 Å². The van der Waals surface area contributed by atoms with Gasteiger partial charge in [0, 0.05) is 5.92 Å². The molecule has 3 atom stereocenters. The Hall–Kier alpha value is -0.930. The number of aryl methyl sites for hydroxylation is 1. The lowest BCUT2D eigenvalue weighted by atomic mass is 9.92. The molecule has 0 spiro atoms. The van der Waals surface area contributed by atoms with Gasteiger partial charge in [0.05, 0.1) is 18.8 Å². The van der Waals surface area contributed by atoms with E-state index in [1.165, 1.54) is 12.1 Å². The molecule has 1 saturated heterocycles. The van der Waals surface area contributed by atoms with Crippen LogP contribution in [0.25, 0.3) is 0 Å². The molecule has 1 N–H and O–H groups in total. The average molecular weight is 238 g/mol. The van der Waals surface area contributed by atoms with Gasteiger partial charge in [0.1, 0.15) is 5.82 Å². The average Bonchev–Trinajstić information content (AvgIpc) is 2.70. The van der Waals surface area contributed by atoms with E-state index in [2.05, 4.69) is 0 Å². The van der Waals surface area contributed by atoms with E-state index >= 15 is 0 Å². The van der Waals surface area contributed by atoms with Gasteiger partial charge in [-0.05, 0) is 49.9 Å². The molecule has 0 aromatic heterocycles. The van der Waals surface area contributed by atoms with Crippen LogP contribution in [0.4, 0.5) is 4.39 Å². The van der Waals surface area contributed by atoms with E-state index in [1.54, 1.807) is 6.07 Å². The Kier molecular flexibility index (Phi) is 3.79. The lowest BCUT2D eigenvalue weighted by molar-refractivity contribution is 0.0806. The van der Waals surface area contributed by atoms with Gasteiger partial charge in [-0.25, -0.2) is 4.39 Å². The van der Waals surface area contributed by atoms with E-state index in [9.17, 15) is 9.50 Å². The summed E-state index contributed by atoms with van der Waals surface area (Å²) in [4.78, 5) is 0. The zero-order chi connectivity index (χ0) is 12.4. The molecule has 0 radical (unpaired) electrons. The number of hydrogen-bond donors (Lipinski definition) is 1. The minimum atomic E-state index is -0.444. The third-order valence-electron chi connectivity index (χ3n) is 3.51. The van der Waals surface area contributed by atoms with Crippen LogP contribution < -0.4 is 0 Å². The highest BCUT2D eigenvalue weighted by Gasteiger charge is 2.28. The van der Waals surface area contributed by atoms with E-state index in [-0.39, 0.29) is 17.8 Å². The smallest absolute Gasteiger partial charge is 0.123 e. The SMILES string of the molecule is Cc1ccc(F)cc1CC(O)C1COC(C)C1. The third kappa shape index (κ3) is 3.05. The lowest BCUT2D eigenvalue weighted by Crippen LogP contribution is -2.23. The zero-order valence-electron chi connectivity index (χ0n) is 10.3. The molecule has 94 valence electrons. The van der Waals surface area contributed by atoms with Gasteiger partial charge in [-0.15, -0.1) is 0 Å². The third-order valence-corrected chi connectivity index (χ3v) is 3.51. The molecule has 3 heteroatoms. The zero-order valence-corrected chi connectivity index (χ0v) is 10.3. The van der Waals surface area contributed by atoms with Gasteiger partial charge in [0.25, 0.3) is 0 Å². The van der Waals surface area contributed by atoms with E-state index in [0.29, 0.717) is 13.0 Å². The Morgan fingerprint density at radius 3 is 2.94 bits per heavy atom. The van der Waals surface area contributed by atoms with Crippen molar-refractivity contribution in [1.82, 2.24) is 0 Å². The van der Waals surface area contributed by atoms with E-state index in [1.807, 2.05) is 13.8 Å². The van der Waals surface area contributed by atoms with Crippen molar-refractivity contribution in [1.29, 1.82) is 0 Å². The van der Waals surface area contributed by atoms with E-state index < -0.39 is 6.10 Å². The number of halogens is 1. The molecule has 1 aromatic rings. The molecule has 1 aromatic carbocycles. The summed E-state index contributed by atoms with van der Waals surface area (Å²) in [5, 5.41) is 10.1. The predicted molar refractivity (Wildman–Crippen MR) is 64.4 cm³/mol. The number of benzene rings is 1. The quantitative estimate of drug-likeness (QED) is 0.876. The molecule has 0 saturated carbocycles. The molecule has 3 unspecified atom stereocenters. The maximum absolute atomic E-state index is 13.1. The standard InChI is InChI=1S/C14H19FO2/c1-9-3-4-13(15)6-11(9)7-14(16)12-5-10(2)17-8-12/h3-4,6,10,12,14,16H,5,7-8H2,1-2H3. The summed E-state index contributed by atoms with van der Waals surface area (Å²) in [6, 6.07) is 4.72. The number of aliphatic hydroxyl groups excluding tert-OH is 1.